The summed E-state index contributed by atoms with van der Waals surface area (Å²) < 4.78 is 5.09. The number of carbonyl (C=O) groups is 1. The summed E-state index contributed by atoms with van der Waals surface area (Å²) in [5.41, 5.74) is 1.62. The number of benzene rings is 1. The molecule has 0 amide bonds. The van der Waals surface area contributed by atoms with Crippen LogP contribution in [0.2, 0.25) is 0 Å². The monoisotopic (exact) mass is 282 g/mol. The van der Waals surface area contributed by atoms with Crippen LogP contribution < -0.4 is 10.3 Å². The Labute approximate surface area is 121 Å². The molecular weight excluding hydrogens is 268 g/mol. The molecule has 0 saturated carbocycles. The van der Waals surface area contributed by atoms with Crippen LogP contribution in [0.4, 0.5) is 0 Å². The van der Waals surface area contributed by atoms with Gasteiger partial charge in [-0.25, -0.2) is 0 Å². The number of hydrogen-bond acceptors (Lipinski definition) is 4. The average molecular weight is 282 g/mol. The molecule has 2 aromatic rings. The molecule has 1 aromatic carbocycles. The van der Waals surface area contributed by atoms with Gasteiger partial charge in [-0.2, -0.15) is 5.26 Å². The number of esters is 1. The SMILES string of the molecule is CCC(=O)Oc1ccc(-c2cc(C)[nH]c(=O)c2C#N)cc1. The number of ether oxygens (including phenoxy) is 1. The number of aromatic amines is 1. The van der Waals surface area contributed by atoms with E-state index < -0.39 is 5.56 Å². The van der Waals surface area contributed by atoms with Gasteiger partial charge in [0.05, 0.1) is 0 Å². The zero-order valence-electron chi connectivity index (χ0n) is 11.8. The molecule has 1 N–H and O–H groups in total. The van der Waals surface area contributed by atoms with Crippen LogP contribution >= 0.6 is 0 Å². The number of rotatable bonds is 3. The summed E-state index contributed by atoms with van der Waals surface area (Å²) in [5.74, 6) is 0.123. The lowest BCUT2D eigenvalue weighted by molar-refractivity contribution is -0.134. The van der Waals surface area contributed by atoms with E-state index >= 15 is 0 Å². The van der Waals surface area contributed by atoms with Gasteiger partial charge < -0.3 is 9.72 Å². The van der Waals surface area contributed by atoms with Gasteiger partial charge >= 0.3 is 5.97 Å². The number of nitriles is 1. The number of H-pyrrole nitrogens is 1. The number of pyridine rings is 1. The van der Waals surface area contributed by atoms with Crippen molar-refractivity contribution in [3.63, 3.8) is 0 Å². The highest BCUT2D eigenvalue weighted by Gasteiger charge is 2.10. The predicted molar refractivity (Wildman–Crippen MR) is 77.9 cm³/mol. The summed E-state index contributed by atoms with van der Waals surface area (Å²) in [6, 6.07) is 10.4. The summed E-state index contributed by atoms with van der Waals surface area (Å²) in [4.78, 5) is 25.6. The first-order valence-corrected chi connectivity index (χ1v) is 6.50. The molecule has 0 fully saturated rings. The molecule has 0 radical (unpaired) electrons. The van der Waals surface area contributed by atoms with Crippen molar-refractivity contribution in [1.29, 1.82) is 5.26 Å². The van der Waals surface area contributed by atoms with Gasteiger partial charge in [0, 0.05) is 17.7 Å². The first-order chi connectivity index (χ1) is 10.0. The van der Waals surface area contributed by atoms with E-state index in [4.69, 9.17) is 10.00 Å². The average Bonchev–Trinajstić information content (AvgIpc) is 2.47. The van der Waals surface area contributed by atoms with Crippen LogP contribution in [0.25, 0.3) is 11.1 Å². The van der Waals surface area contributed by atoms with E-state index in [2.05, 4.69) is 4.98 Å². The third-order valence-corrected chi connectivity index (χ3v) is 2.97. The Morgan fingerprint density at radius 2 is 2.00 bits per heavy atom. The highest BCUT2D eigenvalue weighted by Crippen LogP contribution is 2.24. The Morgan fingerprint density at radius 1 is 1.33 bits per heavy atom. The number of carbonyl (C=O) groups excluding carboxylic acids is 1. The molecule has 2 rings (SSSR count). The predicted octanol–water partition coefficient (Wildman–Crippen LogP) is 2.54. The maximum atomic E-state index is 11.8. The molecule has 0 spiro atoms. The lowest BCUT2D eigenvalue weighted by Crippen LogP contribution is -2.12. The van der Waals surface area contributed by atoms with Crippen LogP contribution in [0, 0.1) is 18.3 Å². The summed E-state index contributed by atoms with van der Waals surface area (Å²) in [6.45, 7) is 3.47. The third kappa shape index (κ3) is 3.18. The second kappa shape index (κ2) is 6.06. The summed E-state index contributed by atoms with van der Waals surface area (Å²) in [7, 11) is 0. The summed E-state index contributed by atoms with van der Waals surface area (Å²) >= 11 is 0. The lowest BCUT2D eigenvalue weighted by Gasteiger charge is -2.07. The Kier molecular flexibility index (Phi) is 4.19. The molecule has 0 aliphatic rings. The standard InChI is InChI=1S/C16H14N2O3/c1-3-15(19)21-12-6-4-11(5-7-12)13-8-10(2)18-16(20)14(13)9-17/h4-8H,3H2,1-2H3,(H,18,20). The van der Waals surface area contributed by atoms with Gasteiger partial charge in [-0.15, -0.1) is 0 Å². The fraction of sp³-hybridized carbons (Fsp3) is 0.188. The number of aryl methyl sites for hydroxylation is 1. The van der Waals surface area contributed by atoms with Crippen molar-refractivity contribution in [1.82, 2.24) is 4.98 Å². The van der Waals surface area contributed by atoms with Gasteiger partial charge in [0.2, 0.25) is 0 Å². The van der Waals surface area contributed by atoms with Crippen LogP contribution in [0.15, 0.2) is 35.1 Å². The Bertz CT molecular complexity index is 768. The topological polar surface area (TPSA) is 83.0 Å². The molecule has 1 aromatic heterocycles. The first-order valence-electron chi connectivity index (χ1n) is 6.50. The molecule has 0 saturated heterocycles. The van der Waals surface area contributed by atoms with Crippen LogP contribution in [-0.4, -0.2) is 11.0 Å². The molecule has 0 atom stereocenters. The molecule has 21 heavy (non-hydrogen) atoms. The van der Waals surface area contributed by atoms with Crippen molar-refractivity contribution in [3.8, 4) is 22.9 Å². The van der Waals surface area contributed by atoms with E-state index in [1.165, 1.54) is 0 Å². The van der Waals surface area contributed by atoms with Crippen molar-refractivity contribution in [3.05, 3.63) is 51.9 Å². The molecule has 5 nitrogen and oxygen atoms in total. The number of aromatic nitrogens is 1. The van der Waals surface area contributed by atoms with Crippen LogP contribution in [0.1, 0.15) is 24.6 Å². The van der Waals surface area contributed by atoms with Gasteiger partial charge in [0.15, 0.2) is 0 Å². The van der Waals surface area contributed by atoms with E-state index in [1.54, 1.807) is 44.2 Å². The van der Waals surface area contributed by atoms with Crippen LogP contribution in [0.3, 0.4) is 0 Å². The third-order valence-electron chi connectivity index (χ3n) is 2.97. The van der Waals surface area contributed by atoms with Crippen molar-refractivity contribution in [2.24, 2.45) is 0 Å². The first kappa shape index (κ1) is 14.5. The second-order valence-corrected chi connectivity index (χ2v) is 4.53. The Hall–Kier alpha value is -2.87. The maximum absolute atomic E-state index is 11.8. The van der Waals surface area contributed by atoms with Gasteiger partial charge in [0.1, 0.15) is 17.4 Å². The minimum Gasteiger partial charge on any atom is -0.427 e. The molecule has 0 unspecified atom stereocenters. The Morgan fingerprint density at radius 3 is 2.57 bits per heavy atom. The fourth-order valence-corrected chi connectivity index (χ4v) is 1.93. The minimum absolute atomic E-state index is 0.0684. The molecule has 0 bridgehead atoms. The van der Waals surface area contributed by atoms with E-state index in [0.717, 1.165) is 5.56 Å². The lowest BCUT2D eigenvalue weighted by atomic mass is 10.0. The van der Waals surface area contributed by atoms with Crippen molar-refractivity contribution < 1.29 is 9.53 Å². The van der Waals surface area contributed by atoms with E-state index in [-0.39, 0.29) is 11.5 Å². The van der Waals surface area contributed by atoms with Crippen LogP contribution in [0.5, 0.6) is 5.75 Å². The minimum atomic E-state index is -0.408. The number of hydrogen-bond donors (Lipinski definition) is 1. The van der Waals surface area contributed by atoms with E-state index in [9.17, 15) is 9.59 Å². The van der Waals surface area contributed by atoms with Crippen molar-refractivity contribution in [2.45, 2.75) is 20.3 Å². The second-order valence-electron chi connectivity index (χ2n) is 4.53. The highest BCUT2D eigenvalue weighted by atomic mass is 16.5. The van der Waals surface area contributed by atoms with Gasteiger partial charge in [-0.1, -0.05) is 19.1 Å². The van der Waals surface area contributed by atoms with Crippen molar-refractivity contribution >= 4 is 5.97 Å². The zero-order valence-corrected chi connectivity index (χ0v) is 11.8. The molecule has 1 heterocycles. The molecule has 106 valence electrons. The maximum Gasteiger partial charge on any atom is 0.310 e. The smallest absolute Gasteiger partial charge is 0.310 e. The van der Waals surface area contributed by atoms with Gasteiger partial charge in [0.25, 0.3) is 5.56 Å². The van der Waals surface area contributed by atoms with Crippen molar-refractivity contribution in [2.75, 3.05) is 0 Å². The van der Waals surface area contributed by atoms with Crippen LogP contribution in [-0.2, 0) is 4.79 Å². The summed E-state index contributed by atoms with van der Waals surface area (Å²) in [5, 5.41) is 9.12. The molecular formula is C16H14N2O3. The Balaban J connectivity index is 2.42. The molecule has 5 heteroatoms. The molecule has 0 aliphatic carbocycles. The summed E-state index contributed by atoms with van der Waals surface area (Å²) in [6.07, 6.45) is 0.299. The fourth-order valence-electron chi connectivity index (χ4n) is 1.93. The largest absolute Gasteiger partial charge is 0.427 e. The van der Waals surface area contributed by atoms with Gasteiger partial charge in [-0.05, 0) is 30.7 Å². The van der Waals surface area contributed by atoms with Gasteiger partial charge in [-0.3, -0.25) is 9.59 Å². The normalized spacial score (nSPS) is 9.95. The quantitative estimate of drug-likeness (QED) is 0.692. The zero-order chi connectivity index (χ0) is 15.4. The van der Waals surface area contributed by atoms with E-state index in [1.807, 2.05) is 6.07 Å². The van der Waals surface area contributed by atoms with E-state index in [0.29, 0.717) is 23.4 Å². The molecule has 0 aliphatic heterocycles. The number of nitrogens with zero attached hydrogens (tertiary/aromatic N) is 1. The highest BCUT2D eigenvalue weighted by molar-refractivity contribution is 5.73. The number of nitrogens with one attached hydrogen (secondary N) is 1.